The minimum Gasteiger partial charge on any atom is -0.402 e. The number of carbonyl (C=O) groups is 1. The lowest BCUT2D eigenvalue weighted by atomic mass is 10.3. The Kier molecular flexibility index (Phi) is 3.61. The van der Waals surface area contributed by atoms with Crippen molar-refractivity contribution in [3.8, 4) is 11.6 Å². The predicted octanol–water partition coefficient (Wildman–Crippen LogP) is 2.51. The predicted molar refractivity (Wildman–Crippen MR) is 79.1 cm³/mol. The molecule has 0 saturated heterocycles. The van der Waals surface area contributed by atoms with Crippen molar-refractivity contribution >= 4 is 17.3 Å². The fraction of sp³-hybridized carbons (Fsp3) is 0. The lowest BCUT2D eigenvalue weighted by molar-refractivity contribution is 0.0730. The van der Waals surface area contributed by atoms with Gasteiger partial charge in [0.25, 0.3) is 5.56 Å². The average Bonchev–Trinajstić information content (AvgIpc) is 3.04. The van der Waals surface area contributed by atoms with Crippen LogP contribution in [0.25, 0.3) is 5.69 Å². The van der Waals surface area contributed by atoms with Gasteiger partial charge in [0.05, 0.1) is 5.69 Å². The maximum absolute atomic E-state index is 11.9. The molecule has 5 nitrogen and oxygen atoms in total. The van der Waals surface area contributed by atoms with Crippen LogP contribution in [0.3, 0.4) is 0 Å². The molecule has 0 aliphatic rings. The van der Waals surface area contributed by atoms with Crippen molar-refractivity contribution in [1.29, 1.82) is 0 Å². The SMILES string of the molecule is O=C(Oc1ccc(=O)n(-c2ccccc2)n1)c1cccs1. The maximum atomic E-state index is 11.9. The second-order valence-electron chi connectivity index (χ2n) is 4.12. The van der Waals surface area contributed by atoms with Crippen molar-refractivity contribution in [3.05, 3.63) is 75.2 Å². The number of thiophene rings is 1. The first kappa shape index (κ1) is 13.3. The van der Waals surface area contributed by atoms with E-state index >= 15 is 0 Å². The van der Waals surface area contributed by atoms with Crippen LogP contribution in [-0.4, -0.2) is 15.7 Å². The van der Waals surface area contributed by atoms with Gasteiger partial charge in [0, 0.05) is 12.1 Å². The summed E-state index contributed by atoms with van der Waals surface area (Å²) >= 11 is 1.28. The van der Waals surface area contributed by atoms with Crippen molar-refractivity contribution < 1.29 is 9.53 Å². The first-order valence-electron chi connectivity index (χ1n) is 6.15. The highest BCUT2D eigenvalue weighted by atomic mass is 32.1. The number of carbonyl (C=O) groups excluding carboxylic acids is 1. The molecule has 2 aromatic heterocycles. The maximum Gasteiger partial charge on any atom is 0.355 e. The number of aromatic nitrogens is 2. The third kappa shape index (κ3) is 2.90. The van der Waals surface area contributed by atoms with Gasteiger partial charge in [-0.3, -0.25) is 4.79 Å². The normalized spacial score (nSPS) is 10.3. The second-order valence-corrected chi connectivity index (χ2v) is 5.07. The molecule has 0 fully saturated rings. The summed E-state index contributed by atoms with van der Waals surface area (Å²) in [4.78, 5) is 24.2. The van der Waals surface area contributed by atoms with E-state index in [4.69, 9.17) is 4.74 Å². The van der Waals surface area contributed by atoms with Crippen LogP contribution in [0.4, 0.5) is 0 Å². The van der Waals surface area contributed by atoms with Gasteiger partial charge in [-0.05, 0) is 23.6 Å². The van der Waals surface area contributed by atoms with Gasteiger partial charge in [0.1, 0.15) is 4.88 Å². The molecule has 0 aliphatic carbocycles. The monoisotopic (exact) mass is 298 g/mol. The fourth-order valence-corrected chi connectivity index (χ4v) is 2.34. The van der Waals surface area contributed by atoms with Gasteiger partial charge in [-0.2, -0.15) is 4.68 Å². The van der Waals surface area contributed by atoms with E-state index in [1.54, 1.807) is 41.8 Å². The molecule has 104 valence electrons. The van der Waals surface area contributed by atoms with E-state index in [0.717, 1.165) is 0 Å². The summed E-state index contributed by atoms with van der Waals surface area (Å²) in [5.41, 5.74) is 0.314. The highest BCUT2D eigenvalue weighted by Gasteiger charge is 2.11. The van der Waals surface area contributed by atoms with E-state index in [1.807, 2.05) is 6.07 Å². The van der Waals surface area contributed by atoms with Crippen LogP contribution in [0.2, 0.25) is 0 Å². The molecule has 0 radical (unpaired) electrons. The number of esters is 1. The molecule has 0 amide bonds. The standard InChI is InChI=1S/C15H10N2O3S/c18-14-9-8-13(20-15(19)12-7-4-10-21-12)16-17(14)11-5-2-1-3-6-11/h1-10H. The zero-order valence-electron chi connectivity index (χ0n) is 10.8. The first-order valence-corrected chi connectivity index (χ1v) is 7.03. The Morgan fingerprint density at radius 1 is 1.05 bits per heavy atom. The van der Waals surface area contributed by atoms with E-state index in [0.29, 0.717) is 10.6 Å². The van der Waals surface area contributed by atoms with Crippen molar-refractivity contribution in [1.82, 2.24) is 9.78 Å². The minimum atomic E-state index is -0.490. The quantitative estimate of drug-likeness (QED) is 0.697. The minimum absolute atomic E-state index is 0.0804. The van der Waals surface area contributed by atoms with Gasteiger partial charge in [-0.1, -0.05) is 24.3 Å². The van der Waals surface area contributed by atoms with Crippen LogP contribution >= 0.6 is 11.3 Å². The Labute approximate surface area is 124 Å². The summed E-state index contributed by atoms with van der Waals surface area (Å²) in [6, 6.07) is 15.1. The number of nitrogens with zero attached hydrogens (tertiary/aromatic N) is 2. The summed E-state index contributed by atoms with van der Waals surface area (Å²) < 4.78 is 6.37. The summed E-state index contributed by atoms with van der Waals surface area (Å²) in [6.07, 6.45) is 0. The number of hydrogen-bond donors (Lipinski definition) is 0. The largest absolute Gasteiger partial charge is 0.402 e. The topological polar surface area (TPSA) is 61.2 Å². The molecule has 3 aromatic rings. The molecular weight excluding hydrogens is 288 g/mol. The molecule has 6 heteroatoms. The molecule has 3 rings (SSSR count). The molecule has 21 heavy (non-hydrogen) atoms. The third-order valence-corrected chi connectivity index (χ3v) is 3.55. The smallest absolute Gasteiger partial charge is 0.355 e. The van der Waals surface area contributed by atoms with Crippen molar-refractivity contribution in [3.63, 3.8) is 0 Å². The Balaban J connectivity index is 1.91. The lowest BCUT2D eigenvalue weighted by Crippen LogP contribution is -2.21. The van der Waals surface area contributed by atoms with Crippen LogP contribution in [0, 0.1) is 0 Å². The molecule has 0 N–H and O–H groups in total. The summed E-state index contributed by atoms with van der Waals surface area (Å²) in [6.45, 7) is 0. The molecule has 1 aromatic carbocycles. The lowest BCUT2D eigenvalue weighted by Gasteiger charge is -2.06. The van der Waals surface area contributed by atoms with Crippen molar-refractivity contribution in [2.45, 2.75) is 0 Å². The number of ether oxygens (including phenoxy) is 1. The molecule has 0 aliphatic heterocycles. The van der Waals surface area contributed by atoms with Crippen LogP contribution in [-0.2, 0) is 0 Å². The molecule has 2 heterocycles. The average molecular weight is 298 g/mol. The number of benzene rings is 1. The Bertz CT molecular complexity index is 810. The van der Waals surface area contributed by atoms with Crippen LogP contribution < -0.4 is 10.3 Å². The Hall–Kier alpha value is -2.73. The van der Waals surface area contributed by atoms with Gasteiger partial charge in [-0.15, -0.1) is 16.4 Å². The van der Waals surface area contributed by atoms with Gasteiger partial charge in [0.15, 0.2) is 0 Å². The van der Waals surface area contributed by atoms with Crippen LogP contribution in [0.5, 0.6) is 5.88 Å². The van der Waals surface area contributed by atoms with E-state index in [1.165, 1.54) is 28.2 Å². The molecular formula is C15H10N2O3S. The summed E-state index contributed by atoms with van der Waals surface area (Å²) in [7, 11) is 0. The van der Waals surface area contributed by atoms with Crippen molar-refractivity contribution in [2.75, 3.05) is 0 Å². The Morgan fingerprint density at radius 3 is 2.57 bits per heavy atom. The van der Waals surface area contributed by atoms with Crippen LogP contribution in [0.15, 0.2) is 64.8 Å². The second kappa shape index (κ2) is 5.72. The van der Waals surface area contributed by atoms with Gasteiger partial charge < -0.3 is 4.74 Å². The van der Waals surface area contributed by atoms with E-state index in [9.17, 15) is 9.59 Å². The van der Waals surface area contributed by atoms with E-state index in [-0.39, 0.29) is 11.4 Å². The summed E-state index contributed by atoms with van der Waals surface area (Å²) in [5, 5.41) is 5.84. The van der Waals surface area contributed by atoms with Gasteiger partial charge in [-0.25, -0.2) is 4.79 Å². The first-order chi connectivity index (χ1) is 10.2. The number of para-hydroxylation sites is 1. The summed E-state index contributed by atoms with van der Waals surface area (Å²) in [5.74, 6) is -0.410. The molecule has 0 atom stereocenters. The zero-order chi connectivity index (χ0) is 14.7. The number of hydrogen-bond acceptors (Lipinski definition) is 5. The van der Waals surface area contributed by atoms with Gasteiger partial charge >= 0.3 is 5.97 Å². The highest BCUT2D eigenvalue weighted by molar-refractivity contribution is 7.12. The zero-order valence-corrected chi connectivity index (χ0v) is 11.6. The van der Waals surface area contributed by atoms with Gasteiger partial charge in [0.2, 0.25) is 5.88 Å². The van der Waals surface area contributed by atoms with Crippen molar-refractivity contribution in [2.24, 2.45) is 0 Å². The molecule has 0 bridgehead atoms. The number of rotatable bonds is 3. The fourth-order valence-electron chi connectivity index (χ4n) is 1.74. The van der Waals surface area contributed by atoms with E-state index in [2.05, 4.69) is 5.10 Å². The Morgan fingerprint density at radius 2 is 1.86 bits per heavy atom. The third-order valence-electron chi connectivity index (χ3n) is 2.70. The highest BCUT2D eigenvalue weighted by Crippen LogP contribution is 2.13. The molecule has 0 spiro atoms. The van der Waals surface area contributed by atoms with E-state index < -0.39 is 5.97 Å². The molecule has 0 unspecified atom stereocenters. The molecule has 0 saturated carbocycles. The van der Waals surface area contributed by atoms with Crippen LogP contribution in [0.1, 0.15) is 9.67 Å².